The van der Waals surface area contributed by atoms with Crippen molar-refractivity contribution in [3.8, 4) is 11.1 Å². The van der Waals surface area contributed by atoms with E-state index in [1.165, 1.54) is 11.6 Å². The summed E-state index contributed by atoms with van der Waals surface area (Å²) in [6, 6.07) is 14.3. The van der Waals surface area contributed by atoms with Crippen molar-refractivity contribution in [2.45, 2.75) is 13.3 Å². The molecule has 1 N–H and O–H groups in total. The maximum absolute atomic E-state index is 11.1. The first-order valence-electron chi connectivity index (χ1n) is 6.38. The Bertz CT molecular complexity index is 696. The van der Waals surface area contributed by atoms with Gasteiger partial charge in [0.15, 0.2) is 0 Å². The monoisotopic (exact) mass is 250 g/mol. The lowest BCUT2D eigenvalue weighted by Gasteiger charge is -2.04. The third-order valence-electron chi connectivity index (χ3n) is 3.56. The third kappa shape index (κ3) is 1.85. The van der Waals surface area contributed by atoms with Gasteiger partial charge in [0.25, 0.3) is 0 Å². The van der Waals surface area contributed by atoms with Crippen LogP contribution in [0.15, 0.2) is 48.5 Å². The molecule has 1 aliphatic carbocycles. The maximum Gasteiger partial charge on any atom is 0.328 e. The molecule has 0 heterocycles. The SMILES string of the molecule is CCc1ccc2c(c1)/C(=C\C(=O)O)c1ccccc1-2. The van der Waals surface area contributed by atoms with Crippen molar-refractivity contribution in [1.82, 2.24) is 0 Å². The van der Waals surface area contributed by atoms with Crippen molar-refractivity contribution in [2.24, 2.45) is 0 Å². The summed E-state index contributed by atoms with van der Waals surface area (Å²) in [7, 11) is 0. The molecule has 1 aliphatic rings. The second kappa shape index (κ2) is 4.39. The second-order valence-corrected chi connectivity index (χ2v) is 4.68. The lowest BCUT2D eigenvalue weighted by Crippen LogP contribution is -1.92. The molecular weight excluding hydrogens is 236 g/mol. The minimum absolute atomic E-state index is 0.813. The molecule has 2 aromatic carbocycles. The normalized spacial score (nSPS) is 14.3. The summed E-state index contributed by atoms with van der Waals surface area (Å²) in [4.78, 5) is 11.1. The number of hydrogen-bond acceptors (Lipinski definition) is 1. The zero-order valence-electron chi connectivity index (χ0n) is 10.7. The number of benzene rings is 2. The van der Waals surface area contributed by atoms with Gasteiger partial charge in [0, 0.05) is 6.08 Å². The van der Waals surface area contributed by atoms with Gasteiger partial charge in [-0.2, -0.15) is 0 Å². The van der Waals surface area contributed by atoms with Crippen molar-refractivity contribution in [3.63, 3.8) is 0 Å². The topological polar surface area (TPSA) is 37.3 Å². The van der Waals surface area contributed by atoms with Crippen LogP contribution in [-0.2, 0) is 11.2 Å². The smallest absolute Gasteiger partial charge is 0.328 e. The van der Waals surface area contributed by atoms with Crippen LogP contribution in [0.25, 0.3) is 16.7 Å². The number of carboxylic acid groups (broad SMARTS) is 1. The van der Waals surface area contributed by atoms with E-state index in [0.717, 1.165) is 34.2 Å². The zero-order valence-corrected chi connectivity index (χ0v) is 10.7. The van der Waals surface area contributed by atoms with Crippen LogP contribution in [0.5, 0.6) is 0 Å². The van der Waals surface area contributed by atoms with Gasteiger partial charge in [0.1, 0.15) is 0 Å². The Labute approximate surface area is 112 Å². The molecule has 0 saturated carbocycles. The Kier molecular flexibility index (Phi) is 2.71. The van der Waals surface area contributed by atoms with E-state index < -0.39 is 5.97 Å². The van der Waals surface area contributed by atoms with Crippen LogP contribution >= 0.6 is 0 Å². The molecule has 2 aromatic rings. The molecular formula is C17H14O2. The minimum Gasteiger partial charge on any atom is -0.478 e. The van der Waals surface area contributed by atoms with E-state index >= 15 is 0 Å². The summed E-state index contributed by atoms with van der Waals surface area (Å²) in [6.45, 7) is 2.10. The molecule has 0 amide bonds. The molecule has 94 valence electrons. The highest BCUT2D eigenvalue weighted by Gasteiger charge is 2.23. The minimum atomic E-state index is -0.903. The van der Waals surface area contributed by atoms with Gasteiger partial charge in [-0.05, 0) is 39.8 Å². The Morgan fingerprint density at radius 1 is 1.05 bits per heavy atom. The molecule has 0 aromatic heterocycles. The average molecular weight is 250 g/mol. The van der Waals surface area contributed by atoms with E-state index in [0.29, 0.717) is 0 Å². The molecule has 0 unspecified atom stereocenters. The van der Waals surface area contributed by atoms with E-state index in [4.69, 9.17) is 5.11 Å². The Hall–Kier alpha value is -2.35. The van der Waals surface area contributed by atoms with E-state index in [1.54, 1.807) is 0 Å². The summed E-state index contributed by atoms with van der Waals surface area (Å²) in [5.74, 6) is -0.903. The number of carbonyl (C=O) groups is 1. The number of fused-ring (bicyclic) bond motifs is 3. The van der Waals surface area contributed by atoms with Crippen molar-refractivity contribution in [1.29, 1.82) is 0 Å². The van der Waals surface area contributed by atoms with Crippen molar-refractivity contribution in [3.05, 3.63) is 65.2 Å². The van der Waals surface area contributed by atoms with Crippen LogP contribution in [0.2, 0.25) is 0 Å². The fraction of sp³-hybridized carbons (Fsp3) is 0.118. The Balaban J connectivity index is 2.30. The predicted molar refractivity (Wildman–Crippen MR) is 76.0 cm³/mol. The van der Waals surface area contributed by atoms with Crippen LogP contribution in [0.1, 0.15) is 23.6 Å². The van der Waals surface area contributed by atoms with Gasteiger partial charge >= 0.3 is 5.97 Å². The summed E-state index contributed by atoms with van der Waals surface area (Å²) < 4.78 is 0. The van der Waals surface area contributed by atoms with Gasteiger partial charge in [-0.25, -0.2) is 4.79 Å². The molecule has 19 heavy (non-hydrogen) atoms. The van der Waals surface area contributed by atoms with Crippen LogP contribution in [0.4, 0.5) is 0 Å². The summed E-state index contributed by atoms with van der Waals surface area (Å²) in [6.07, 6.45) is 2.26. The zero-order chi connectivity index (χ0) is 13.4. The molecule has 2 nitrogen and oxygen atoms in total. The van der Waals surface area contributed by atoms with Crippen LogP contribution in [0, 0.1) is 0 Å². The van der Waals surface area contributed by atoms with Gasteiger partial charge in [-0.15, -0.1) is 0 Å². The number of carboxylic acids is 1. The van der Waals surface area contributed by atoms with Crippen LogP contribution < -0.4 is 0 Å². The number of aliphatic carboxylic acids is 1. The van der Waals surface area contributed by atoms with Gasteiger partial charge in [0.2, 0.25) is 0 Å². The van der Waals surface area contributed by atoms with Gasteiger partial charge < -0.3 is 5.11 Å². The Morgan fingerprint density at radius 2 is 1.74 bits per heavy atom. The number of aryl methyl sites for hydroxylation is 1. The first-order chi connectivity index (χ1) is 9.20. The van der Waals surface area contributed by atoms with Crippen LogP contribution in [0.3, 0.4) is 0 Å². The highest BCUT2D eigenvalue weighted by molar-refractivity contribution is 6.06. The molecule has 0 spiro atoms. The summed E-state index contributed by atoms with van der Waals surface area (Å²) in [5.41, 5.74) is 6.32. The van der Waals surface area contributed by atoms with Gasteiger partial charge in [-0.1, -0.05) is 49.4 Å². The quantitative estimate of drug-likeness (QED) is 0.703. The van der Waals surface area contributed by atoms with Gasteiger partial charge in [-0.3, -0.25) is 0 Å². The number of rotatable bonds is 2. The maximum atomic E-state index is 11.1. The highest BCUT2D eigenvalue weighted by Crippen LogP contribution is 2.44. The Morgan fingerprint density at radius 3 is 2.42 bits per heavy atom. The standard InChI is InChI=1S/C17H14O2/c1-2-11-7-8-14-12-5-3-4-6-13(12)16(10-17(18)19)15(14)9-11/h3-10H,2H2,1H3,(H,18,19)/b16-10-. The lowest BCUT2D eigenvalue weighted by atomic mass is 10.0. The molecule has 0 aliphatic heterocycles. The first kappa shape index (κ1) is 11.7. The first-order valence-corrected chi connectivity index (χ1v) is 6.38. The molecule has 0 atom stereocenters. The summed E-state index contributed by atoms with van der Waals surface area (Å²) >= 11 is 0. The highest BCUT2D eigenvalue weighted by atomic mass is 16.4. The van der Waals surface area contributed by atoms with E-state index in [2.05, 4.69) is 25.1 Å². The molecule has 3 rings (SSSR count). The van der Waals surface area contributed by atoms with E-state index in [1.807, 2.05) is 24.3 Å². The second-order valence-electron chi connectivity index (χ2n) is 4.68. The molecule has 0 fully saturated rings. The van der Waals surface area contributed by atoms with Crippen molar-refractivity contribution >= 4 is 11.5 Å². The predicted octanol–water partition coefficient (Wildman–Crippen LogP) is 3.75. The van der Waals surface area contributed by atoms with Crippen molar-refractivity contribution in [2.75, 3.05) is 0 Å². The molecule has 2 heteroatoms. The van der Waals surface area contributed by atoms with E-state index in [-0.39, 0.29) is 0 Å². The fourth-order valence-electron chi connectivity index (χ4n) is 2.65. The average Bonchev–Trinajstić information content (AvgIpc) is 2.72. The van der Waals surface area contributed by atoms with E-state index in [9.17, 15) is 4.79 Å². The fourth-order valence-corrected chi connectivity index (χ4v) is 2.65. The lowest BCUT2D eigenvalue weighted by molar-refractivity contribution is -0.131. The summed E-state index contributed by atoms with van der Waals surface area (Å²) in [5, 5.41) is 9.08. The molecule has 0 bridgehead atoms. The molecule has 0 radical (unpaired) electrons. The largest absolute Gasteiger partial charge is 0.478 e. The van der Waals surface area contributed by atoms with Crippen LogP contribution in [-0.4, -0.2) is 11.1 Å². The molecule has 0 saturated heterocycles. The number of hydrogen-bond donors (Lipinski definition) is 1. The van der Waals surface area contributed by atoms with Crippen molar-refractivity contribution < 1.29 is 9.90 Å². The third-order valence-corrected chi connectivity index (χ3v) is 3.56. The van der Waals surface area contributed by atoms with Gasteiger partial charge in [0.05, 0.1) is 0 Å².